The molecule has 17 heavy (non-hydrogen) atoms. The Morgan fingerprint density at radius 3 is 2.82 bits per heavy atom. The normalized spacial score (nSPS) is 21.5. The summed E-state index contributed by atoms with van der Waals surface area (Å²) in [7, 11) is 0. The summed E-state index contributed by atoms with van der Waals surface area (Å²) < 4.78 is 1.58. The molecule has 2 atom stereocenters. The summed E-state index contributed by atoms with van der Waals surface area (Å²) in [6.07, 6.45) is 3.88. The highest BCUT2D eigenvalue weighted by molar-refractivity contribution is 5.81. The van der Waals surface area contributed by atoms with E-state index in [-0.39, 0.29) is 11.9 Å². The van der Waals surface area contributed by atoms with E-state index in [1.165, 1.54) is 0 Å². The molecule has 1 aliphatic heterocycles. The molecule has 1 N–H and O–H groups in total. The van der Waals surface area contributed by atoms with Crippen LogP contribution in [0.3, 0.4) is 0 Å². The van der Waals surface area contributed by atoms with Crippen molar-refractivity contribution < 1.29 is 14.7 Å². The van der Waals surface area contributed by atoms with Crippen LogP contribution in [0.2, 0.25) is 0 Å². The van der Waals surface area contributed by atoms with Gasteiger partial charge in [0.2, 0.25) is 5.91 Å². The highest BCUT2D eigenvalue weighted by Crippen LogP contribution is 2.19. The summed E-state index contributed by atoms with van der Waals surface area (Å²) in [6, 6.07) is 1.38. The Balaban J connectivity index is 2.00. The first kappa shape index (κ1) is 11.6. The lowest BCUT2D eigenvalue weighted by molar-refractivity contribution is -0.141. The van der Waals surface area contributed by atoms with Crippen LogP contribution >= 0.6 is 0 Å². The first-order valence-corrected chi connectivity index (χ1v) is 5.60. The van der Waals surface area contributed by atoms with Crippen LogP contribution in [0, 0.1) is 5.92 Å². The largest absolute Gasteiger partial charge is 0.481 e. The molecule has 0 saturated carbocycles. The third kappa shape index (κ3) is 2.30. The highest BCUT2D eigenvalue weighted by atomic mass is 16.4. The van der Waals surface area contributed by atoms with E-state index in [1.807, 2.05) is 0 Å². The molecule has 6 heteroatoms. The van der Waals surface area contributed by atoms with Crippen molar-refractivity contribution in [3.8, 4) is 0 Å². The second kappa shape index (κ2) is 4.57. The van der Waals surface area contributed by atoms with E-state index in [9.17, 15) is 9.59 Å². The molecule has 2 heterocycles. The molecular formula is C11H15N3O3. The van der Waals surface area contributed by atoms with Gasteiger partial charge in [-0.25, -0.2) is 0 Å². The molecule has 1 amide bonds. The fourth-order valence-electron chi connectivity index (χ4n) is 2.05. The standard InChI is InChI=1S/C11H15N3O3/c1-8(14-5-2-4-12-14)10(15)13-6-3-9(7-13)11(16)17/h2,4-5,8-9H,3,6-7H2,1H3,(H,16,17)/t8-,9-/m0/s1. The third-order valence-corrected chi connectivity index (χ3v) is 3.13. The Kier molecular flexibility index (Phi) is 3.12. The topological polar surface area (TPSA) is 75.4 Å². The summed E-state index contributed by atoms with van der Waals surface area (Å²) in [5.74, 6) is -1.33. The van der Waals surface area contributed by atoms with E-state index >= 15 is 0 Å². The number of hydrogen-bond acceptors (Lipinski definition) is 3. The molecule has 0 bridgehead atoms. The SMILES string of the molecule is C[C@@H](C(=O)N1CC[C@H](C(=O)O)C1)n1cccn1. The lowest BCUT2D eigenvalue weighted by Gasteiger charge is -2.20. The van der Waals surface area contributed by atoms with Crippen molar-refractivity contribution in [2.45, 2.75) is 19.4 Å². The van der Waals surface area contributed by atoms with Gasteiger partial charge in [-0.15, -0.1) is 0 Å². The number of aromatic nitrogens is 2. The van der Waals surface area contributed by atoms with E-state index < -0.39 is 11.9 Å². The van der Waals surface area contributed by atoms with Crippen molar-refractivity contribution in [1.82, 2.24) is 14.7 Å². The summed E-state index contributed by atoms with van der Waals surface area (Å²) >= 11 is 0. The number of likely N-dealkylation sites (tertiary alicyclic amines) is 1. The summed E-state index contributed by atoms with van der Waals surface area (Å²) in [4.78, 5) is 24.5. The molecule has 0 aliphatic carbocycles. The van der Waals surface area contributed by atoms with E-state index in [0.29, 0.717) is 19.5 Å². The van der Waals surface area contributed by atoms with Gasteiger partial charge in [0.1, 0.15) is 6.04 Å². The maximum Gasteiger partial charge on any atom is 0.308 e. The van der Waals surface area contributed by atoms with Crippen molar-refractivity contribution in [2.24, 2.45) is 5.92 Å². The maximum absolute atomic E-state index is 12.1. The summed E-state index contributed by atoms with van der Waals surface area (Å²) in [5, 5.41) is 12.9. The summed E-state index contributed by atoms with van der Waals surface area (Å²) in [5.41, 5.74) is 0. The zero-order chi connectivity index (χ0) is 12.4. The Morgan fingerprint density at radius 2 is 2.29 bits per heavy atom. The lowest BCUT2D eigenvalue weighted by Crippen LogP contribution is -2.35. The predicted molar refractivity (Wildman–Crippen MR) is 59.3 cm³/mol. The van der Waals surface area contributed by atoms with Crippen LogP contribution in [-0.2, 0) is 9.59 Å². The van der Waals surface area contributed by atoms with Crippen LogP contribution in [0.15, 0.2) is 18.5 Å². The predicted octanol–water partition coefficient (Wildman–Crippen LogP) is 0.377. The van der Waals surface area contributed by atoms with Gasteiger partial charge in [-0.3, -0.25) is 14.3 Å². The smallest absolute Gasteiger partial charge is 0.308 e. The van der Waals surface area contributed by atoms with Gasteiger partial charge in [0, 0.05) is 25.5 Å². The number of carboxylic acid groups (broad SMARTS) is 1. The van der Waals surface area contributed by atoms with Crippen LogP contribution < -0.4 is 0 Å². The maximum atomic E-state index is 12.1. The minimum Gasteiger partial charge on any atom is -0.481 e. The number of aliphatic carboxylic acids is 1. The summed E-state index contributed by atoms with van der Waals surface area (Å²) in [6.45, 7) is 2.59. The van der Waals surface area contributed by atoms with Crippen LogP contribution in [0.25, 0.3) is 0 Å². The molecule has 0 radical (unpaired) electrons. The lowest BCUT2D eigenvalue weighted by atomic mass is 10.1. The quantitative estimate of drug-likeness (QED) is 0.824. The van der Waals surface area contributed by atoms with Gasteiger partial charge in [-0.05, 0) is 19.4 Å². The van der Waals surface area contributed by atoms with Crippen molar-refractivity contribution in [3.63, 3.8) is 0 Å². The van der Waals surface area contributed by atoms with Crippen LogP contribution in [-0.4, -0.2) is 44.8 Å². The fraction of sp³-hybridized carbons (Fsp3) is 0.545. The molecular weight excluding hydrogens is 222 g/mol. The zero-order valence-electron chi connectivity index (χ0n) is 9.61. The molecule has 1 aromatic heterocycles. The molecule has 6 nitrogen and oxygen atoms in total. The van der Waals surface area contributed by atoms with Gasteiger partial charge < -0.3 is 10.0 Å². The number of rotatable bonds is 3. The Labute approximate surface area is 98.8 Å². The average Bonchev–Trinajstić information content (AvgIpc) is 2.97. The first-order chi connectivity index (χ1) is 8.09. The number of carbonyl (C=O) groups excluding carboxylic acids is 1. The number of nitrogens with zero attached hydrogens (tertiary/aromatic N) is 3. The van der Waals surface area contributed by atoms with Crippen LogP contribution in [0.4, 0.5) is 0 Å². The Hall–Kier alpha value is -1.85. The number of carbonyl (C=O) groups is 2. The number of carboxylic acids is 1. The molecule has 0 unspecified atom stereocenters. The van der Waals surface area contributed by atoms with Crippen LogP contribution in [0.1, 0.15) is 19.4 Å². The van der Waals surface area contributed by atoms with Crippen LogP contribution in [0.5, 0.6) is 0 Å². The zero-order valence-corrected chi connectivity index (χ0v) is 9.61. The van der Waals surface area contributed by atoms with E-state index in [0.717, 1.165) is 0 Å². The third-order valence-electron chi connectivity index (χ3n) is 3.13. The van der Waals surface area contributed by atoms with E-state index in [1.54, 1.807) is 35.0 Å². The molecule has 2 rings (SSSR count). The fourth-order valence-corrected chi connectivity index (χ4v) is 2.05. The minimum atomic E-state index is -0.827. The minimum absolute atomic E-state index is 0.0718. The molecule has 1 saturated heterocycles. The monoisotopic (exact) mass is 237 g/mol. The second-order valence-electron chi connectivity index (χ2n) is 4.27. The van der Waals surface area contributed by atoms with Gasteiger partial charge in [0.05, 0.1) is 5.92 Å². The van der Waals surface area contributed by atoms with Gasteiger partial charge in [-0.1, -0.05) is 0 Å². The van der Waals surface area contributed by atoms with Crippen molar-refractivity contribution in [3.05, 3.63) is 18.5 Å². The highest BCUT2D eigenvalue weighted by Gasteiger charge is 2.33. The van der Waals surface area contributed by atoms with Crippen molar-refractivity contribution in [2.75, 3.05) is 13.1 Å². The molecule has 92 valence electrons. The molecule has 1 aliphatic rings. The molecule has 1 fully saturated rings. The Morgan fingerprint density at radius 1 is 1.53 bits per heavy atom. The van der Waals surface area contributed by atoms with Gasteiger partial charge in [0.25, 0.3) is 0 Å². The average molecular weight is 237 g/mol. The van der Waals surface area contributed by atoms with Gasteiger partial charge in [0.15, 0.2) is 0 Å². The Bertz CT molecular complexity index is 416. The first-order valence-electron chi connectivity index (χ1n) is 5.60. The van der Waals surface area contributed by atoms with Crippen molar-refractivity contribution >= 4 is 11.9 Å². The van der Waals surface area contributed by atoms with Gasteiger partial charge >= 0.3 is 5.97 Å². The molecule has 0 aromatic carbocycles. The second-order valence-corrected chi connectivity index (χ2v) is 4.27. The molecule has 0 spiro atoms. The number of amides is 1. The molecule has 1 aromatic rings. The van der Waals surface area contributed by atoms with Crippen molar-refractivity contribution in [1.29, 1.82) is 0 Å². The number of hydrogen-bond donors (Lipinski definition) is 1. The van der Waals surface area contributed by atoms with E-state index in [2.05, 4.69) is 5.10 Å². The van der Waals surface area contributed by atoms with E-state index in [4.69, 9.17) is 5.11 Å². The van der Waals surface area contributed by atoms with Gasteiger partial charge in [-0.2, -0.15) is 5.10 Å².